The van der Waals surface area contributed by atoms with E-state index in [1.54, 1.807) is 22.0 Å². The summed E-state index contributed by atoms with van der Waals surface area (Å²) in [6, 6.07) is -0.0753. The molecule has 10 heteroatoms. The molecule has 3 fully saturated rings. The van der Waals surface area contributed by atoms with Gasteiger partial charge < -0.3 is 23.7 Å². The summed E-state index contributed by atoms with van der Waals surface area (Å²) in [5, 5.41) is 0.388. The highest BCUT2D eigenvalue weighted by atomic mass is 32.2. The molecule has 4 aliphatic rings. The molecule has 39 heavy (non-hydrogen) atoms. The Morgan fingerprint density at radius 1 is 1.13 bits per heavy atom. The molecule has 0 aromatic heterocycles. The molecule has 2 amide bonds. The van der Waals surface area contributed by atoms with E-state index in [2.05, 4.69) is 47.0 Å². The lowest BCUT2D eigenvalue weighted by Crippen LogP contribution is -2.65. The predicted molar refractivity (Wildman–Crippen MR) is 156 cm³/mol. The third-order valence-corrected chi connectivity index (χ3v) is 15.0. The van der Waals surface area contributed by atoms with Crippen molar-refractivity contribution in [3.05, 3.63) is 36.6 Å². The van der Waals surface area contributed by atoms with Crippen molar-refractivity contribution in [2.24, 2.45) is 11.8 Å². The van der Waals surface area contributed by atoms with Crippen molar-refractivity contribution in [3.63, 3.8) is 0 Å². The number of nitrogens with zero attached hydrogens (tertiary/aromatic N) is 2. The first kappa shape index (κ1) is 29.9. The van der Waals surface area contributed by atoms with E-state index in [1.807, 2.05) is 18.7 Å². The highest BCUT2D eigenvalue weighted by molar-refractivity contribution is 8.00. The van der Waals surface area contributed by atoms with Crippen LogP contribution in [0.25, 0.3) is 0 Å². The average Bonchev–Trinajstić information content (AvgIpc) is 3.13. The van der Waals surface area contributed by atoms with Gasteiger partial charge in [-0.3, -0.25) is 4.79 Å². The van der Waals surface area contributed by atoms with Gasteiger partial charge in [0, 0.05) is 29.5 Å². The number of thioether (sulfide) groups is 1. The Bertz CT molecular complexity index is 1050. The first-order chi connectivity index (χ1) is 18.3. The normalized spacial score (nSPS) is 27.7. The molecule has 0 N–H and O–H groups in total. The molecule has 1 aliphatic carbocycles. The van der Waals surface area contributed by atoms with Gasteiger partial charge in [-0.2, -0.15) is 0 Å². The number of likely N-dealkylation sites (tertiary alicyclic amines) is 1. The Hall–Kier alpha value is -2.04. The smallest absolute Gasteiger partial charge is 0.410 e. The molecular formula is C29H44N2O6SSi. The molecule has 4 rings (SSSR count). The van der Waals surface area contributed by atoms with Gasteiger partial charge in [0.05, 0.1) is 18.1 Å². The van der Waals surface area contributed by atoms with E-state index in [0.29, 0.717) is 18.8 Å². The fraction of sp³-hybridized carbons (Fsp3) is 0.690. The lowest BCUT2D eigenvalue weighted by molar-refractivity contribution is -0.163. The third-order valence-electron chi connectivity index (χ3n) is 8.95. The standard InChI is InChI=1S/C29H44N2O6SSi/c1-9-14-35-27(33)25-23-20(12-11-13-21(23)38-19-16-30(17-19)28(34)36-15-10-2)24-22(26(32)31(24)25)18(3)37-39(7,8)29(4,5)6/h9-10,18-22,24H,1-2,11-17H2,3-8H3/t18-,20-,21+,22-,24-/m1/s1. The molecule has 8 nitrogen and oxygen atoms in total. The molecule has 3 heterocycles. The number of β-lactam (4-membered cyclic amide) rings is 1. The Labute approximate surface area is 238 Å². The molecule has 0 aromatic rings. The minimum absolute atomic E-state index is 0.0355. The zero-order valence-electron chi connectivity index (χ0n) is 24.2. The topological polar surface area (TPSA) is 85.4 Å². The van der Waals surface area contributed by atoms with Crippen molar-refractivity contribution in [2.75, 3.05) is 26.3 Å². The molecule has 0 bridgehead atoms. The second-order valence-corrected chi connectivity index (χ2v) is 18.8. The van der Waals surface area contributed by atoms with Crippen LogP contribution in [-0.4, -0.2) is 85.0 Å². The summed E-state index contributed by atoms with van der Waals surface area (Å²) in [6.45, 7) is 21.8. The second-order valence-electron chi connectivity index (χ2n) is 12.6. The quantitative estimate of drug-likeness (QED) is 0.154. The van der Waals surface area contributed by atoms with Gasteiger partial charge in [-0.25, -0.2) is 9.59 Å². The molecule has 216 valence electrons. The maximum absolute atomic E-state index is 13.7. The Morgan fingerprint density at radius 3 is 2.38 bits per heavy atom. The molecular weight excluding hydrogens is 532 g/mol. The summed E-state index contributed by atoms with van der Waals surface area (Å²) in [5.41, 5.74) is 1.49. The van der Waals surface area contributed by atoms with Crippen LogP contribution in [0.4, 0.5) is 4.79 Å². The minimum atomic E-state index is -2.08. The molecule has 5 atom stereocenters. The molecule has 0 aromatic carbocycles. The summed E-state index contributed by atoms with van der Waals surface area (Å²) in [5.74, 6) is -0.643. The molecule has 0 spiro atoms. The van der Waals surface area contributed by atoms with Gasteiger partial charge in [0.1, 0.15) is 18.9 Å². The SMILES string of the molecule is C=CCOC(=O)C1=C2[C@@H](SC3CN(C(=O)OCC=C)C3)CCC[C@H]2[C@@H]2[C@@H]([C@@H](C)O[Si](C)(C)C(C)(C)C)C(=O)N12. The maximum Gasteiger partial charge on any atom is 0.410 e. The largest absolute Gasteiger partial charge is 0.457 e. The summed E-state index contributed by atoms with van der Waals surface area (Å²) >= 11 is 1.81. The average molecular weight is 577 g/mol. The van der Waals surface area contributed by atoms with Gasteiger partial charge in [0.15, 0.2) is 8.32 Å². The van der Waals surface area contributed by atoms with Crippen molar-refractivity contribution in [3.8, 4) is 0 Å². The minimum Gasteiger partial charge on any atom is -0.457 e. The highest BCUT2D eigenvalue weighted by Crippen LogP contribution is 2.56. The third kappa shape index (κ3) is 5.61. The zero-order valence-corrected chi connectivity index (χ0v) is 26.1. The summed E-state index contributed by atoms with van der Waals surface area (Å²) in [6.07, 6.45) is 5.46. The maximum atomic E-state index is 13.7. The van der Waals surface area contributed by atoms with E-state index in [9.17, 15) is 14.4 Å². The van der Waals surface area contributed by atoms with Gasteiger partial charge >= 0.3 is 12.1 Å². The Balaban J connectivity index is 1.54. The van der Waals surface area contributed by atoms with Crippen LogP contribution in [0.3, 0.4) is 0 Å². The predicted octanol–water partition coefficient (Wildman–Crippen LogP) is 5.13. The zero-order chi connectivity index (χ0) is 28.7. The first-order valence-corrected chi connectivity index (χ1v) is 17.9. The van der Waals surface area contributed by atoms with Gasteiger partial charge in [-0.1, -0.05) is 52.5 Å². The first-order valence-electron chi connectivity index (χ1n) is 14.0. The number of amides is 2. The number of fused-ring (bicyclic) bond motifs is 3. The number of carbonyl (C=O) groups excluding carboxylic acids is 3. The van der Waals surface area contributed by atoms with E-state index in [1.165, 1.54) is 0 Å². The second kappa shape index (κ2) is 11.4. The van der Waals surface area contributed by atoms with Crippen LogP contribution in [0.5, 0.6) is 0 Å². The molecule has 0 unspecified atom stereocenters. The number of carbonyl (C=O) groups is 3. The van der Waals surface area contributed by atoms with Crippen molar-refractivity contribution in [2.45, 2.75) is 87.7 Å². The highest BCUT2D eigenvalue weighted by Gasteiger charge is 2.63. The van der Waals surface area contributed by atoms with Crippen molar-refractivity contribution < 1.29 is 28.3 Å². The van der Waals surface area contributed by atoms with E-state index in [4.69, 9.17) is 13.9 Å². The van der Waals surface area contributed by atoms with Crippen LogP contribution in [0.15, 0.2) is 36.6 Å². The van der Waals surface area contributed by atoms with E-state index >= 15 is 0 Å². The van der Waals surface area contributed by atoms with Crippen LogP contribution in [0.1, 0.15) is 47.0 Å². The number of hydrogen-bond donors (Lipinski definition) is 0. The fourth-order valence-corrected chi connectivity index (χ4v) is 9.16. The van der Waals surface area contributed by atoms with Crippen molar-refractivity contribution in [1.82, 2.24) is 9.80 Å². The van der Waals surface area contributed by atoms with Crippen LogP contribution in [0, 0.1) is 11.8 Å². The van der Waals surface area contributed by atoms with Gasteiger partial charge in [-0.15, -0.1) is 11.8 Å². The van der Waals surface area contributed by atoms with Gasteiger partial charge in [0.2, 0.25) is 5.91 Å². The molecule has 1 saturated carbocycles. The van der Waals surface area contributed by atoms with E-state index < -0.39 is 14.3 Å². The van der Waals surface area contributed by atoms with E-state index in [0.717, 1.165) is 24.8 Å². The number of hydrogen-bond acceptors (Lipinski definition) is 7. The van der Waals surface area contributed by atoms with Crippen LogP contribution >= 0.6 is 11.8 Å². The van der Waals surface area contributed by atoms with Crippen LogP contribution < -0.4 is 0 Å². The van der Waals surface area contributed by atoms with Crippen LogP contribution in [0.2, 0.25) is 18.1 Å². The molecule has 0 radical (unpaired) electrons. The van der Waals surface area contributed by atoms with Gasteiger partial charge in [0.25, 0.3) is 0 Å². The van der Waals surface area contributed by atoms with E-state index in [-0.39, 0.29) is 64.7 Å². The number of esters is 1. The van der Waals surface area contributed by atoms with Crippen molar-refractivity contribution in [1.29, 1.82) is 0 Å². The summed E-state index contributed by atoms with van der Waals surface area (Å²) in [7, 11) is -2.08. The summed E-state index contributed by atoms with van der Waals surface area (Å²) in [4.78, 5) is 42.6. The molecule has 3 aliphatic heterocycles. The summed E-state index contributed by atoms with van der Waals surface area (Å²) < 4.78 is 17.3. The lowest BCUT2D eigenvalue weighted by Gasteiger charge is -2.51. The van der Waals surface area contributed by atoms with Crippen molar-refractivity contribution >= 4 is 38.0 Å². The fourth-order valence-electron chi connectivity index (χ4n) is 6.00. The monoisotopic (exact) mass is 576 g/mol. The van der Waals surface area contributed by atoms with Crippen LogP contribution in [-0.2, 0) is 23.5 Å². The van der Waals surface area contributed by atoms with Gasteiger partial charge in [-0.05, 0) is 43.5 Å². The lowest BCUT2D eigenvalue weighted by atomic mass is 9.72. The Morgan fingerprint density at radius 2 is 1.77 bits per heavy atom. The molecule has 2 saturated heterocycles. The Kier molecular flexibility index (Phi) is 8.78. The number of rotatable bonds is 10. The number of ether oxygens (including phenoxy) is 2.